The SMILES string of the molecule is CCC(=O)Nc1ccc(C)c(NC(=O)c2ccc(=O)n(CCOc3ccccc3)n2)c1. The predicted octanol–water partition coefficient (Wildman–Crippen LogP) is 3.23. The van der Waals surface area contributed by atoms with Gasteiger partial charge in [-0.05, 0) is 42.8 Å². The quantitative estimate of drug-likeness (QED) is 0.582. The molecule has 1 heterocycles. The van der Waals surface area contributed by atoms with Crippen molar-refractivity contribution in [2.75, 3.05) is 17.2 Å². The Morgan fingerprint density at radius 2 is 1.81 bits per heavy atom. The van der Waals surface area contributed by atoms with Crippen LogP contribution in [0.3, 0.4) is 0 Å². The maximum Gasteiger partial charge on any atom is 0.276 e. The number of aromatic nitrogens is 2. The van der Waals surface area contributed by atoms with Gasteiger partial charge in [-0.25, -0.2) is 4.68 Å². The van der Waals surface area contributed by atoms with Gasteiger partial charge < -0.3 is 15.4 Å². The molecule has 0 aliphatic carbocycles. The van der Waals surface area contributed by atoms with E-state index in [1.807, 2.05) is 37.3 Å². The summed E-state index contributed by atoms with van der Waals surface area (Å²) in [4.78, 5) is 36.4. The van der Waals surface area contributed by atoms with Crippen LogP contribution in [0.15, 0.2) is 65.5 Å². The zero-order chi connectivity index (χ0) is 22.2. The highest BCUT2D eigenvalue weighted by Crippen LogP contribution is 2.21. The van der Waals surface area contributed by atoms with Crippen LogP contribution in [0.2, 0.25) is 0 Å². The van der Waals surface area contributed by atoms with Gasteiger partial charge in [-0.2, -0.15) is 5.10 Å². The summed E-state index contributed by atoms with van der Waals surface area (Å²) in [6, 6.07) is 17.2. The third kappa shape index (κ3) is 6.02. The lowest BCUT2D eigenvalue weighted by atomic mass is 10.1. The lowest BCUT2D eigenvalue weighted by molar-refractivity contribution is -0.115. The summed E-state index contributed by atoms with van der Waals surface area (Å²) in [6.45, 7) is 4.04. The van der Waals surface area contributed by atoms with Crippen LogP contribution in [-0.2, 0) is 11.3 Å². The van der Waals surface area contributed by atoms with Crippen LogP contribution >= 0.6 is 0 Å². The molecule has 0 aliphatic heterocycles. The van der Waals surface area contributed by atoms with Crippen molar-refractivity contribution < 1.29 is 14.3 Å². The van der Waals surface area contributed by atoms with Gasteiger partial charge in [-0.3, -0.25) is 14.4 Å². The number of amides is 2. The van der Waals surface area contributed by atoms with E-state index in [1.54, 1.807) is 25.1 Å². The molecular formula is C23H24N4O4. The van der Waals surface area contributed by atoms with Crippen molar-refractivity contribution in [3.8, 4) is 5.75 Å². The smallest absolute Gasteiger partial charge is 0.276 e. The number of carbonyl (C=O) groups is 2. The first-order chi connectivity index (χ1) is 15.0. The highest BCUT2D eigenvalue weighted by Gasteiger charge is 2.12. The van der Waals surface area contributed by atoms with Gasteiger partial charge in [-0.15, -0.1) is 0 Å². The fourth-order valence-electron chi connectivity index (χ4n) is 2.77. The Hall–Kier alpha value is -3.94. The summed E-state index contributed by atoms with van der Waals surface area (Å²) in [6.07, 6.45) is 0.356. The minimum atomic E-state index is -0.459. The van der Waals surface area contributed by atoms with E-state index in [9.17, 15) is 14.4 Å². The van der Waals surface area contributed by atoms with E-state index in [1.165, 1.54) is 16.8 Å². The third-order valence-corrected chi connectivity index (χ3v) is 4.50. The Balaban J connectivity index is 1.69. The third-order valence-electron chi connectivity index (χ3n) is 4.50. The van der Waals surface area contributed by atoms with Crippen LogP contribution < -0.4 is 20.9 Å². The minimum Gasteiger partial charge on any atom is -0.492 e. The molecule has 0 aliphatic rings. The van der Waals surface area contributed by atoms with Gasteiger partial charge in [0.15, 0.2) is 0 Å². The molecule has 31 heavy (non-hydrogen) atoms. The molecule has 0 bridgehead atoms. The van der Waals surface area contributed by atoms with Crippen molar-refractivity contribution in [1.82, 2.24) is 9.78 Å². The van der Waals surface area contributed by atoms with Crippen molar-refractivity contribution >= 4 is 23.2 Å². The topological polar surface area (TPSA) is 102 Å². The summed E-state index contributed by atoms with van der Waals surface area (Å²) >= 11 is 0. The van der Waals surface area contributed by atoms with Gasteiger partial charge >= 0.3 is 0 Å². The first-order valence-corrected chi connectivity index (χ1v) is 9.94. The van der Waals surface area contributed by atoms with Gasteiger partial charge in [0, 0.05) is 23.9 Å². The summed E-state index contributed by atoms with van der Waals surface area (Å²) in [7, 11) is 0. The normalized spacial score (nSPS) is 10.4. The first kappa shape index (κ1) is 21.8. The highest BCUT2D eigenvalue weighted by molar-refractivity contribution is 6.03. The Bertz CT molecular complexity index is 1130. The van der Waals surface area contributed by atoms with Crippen LogP contribution in [0, 0.1) is 6.92 Å². The van der Waals surface area contributed by atoms with Crippen LogP contribution in [0.4, 0.5) is 11.4 Å². The molecule has 160 valence electrons. The second kappa shape index (κ2) is 10.2. The molecule has 3 rings (SSSR count). The second-order valence-electron chi connectivity index (χ2n) is 6.83. The highest BCUT2D eigenvalue weighted by atomic mass is 16.5. The molecule has 0 saturated heterocycles. The Morgan fingerprint density at radius 1 is 1.03 bits per heavy atom. The number of rotatable bonds is 8. The van der Waals surface area contributed by atoms with Gasteiger partial charge in [0.25, 0.3) is 11.5 Å². The number of hydrogen-bond acceptors (Lipinski definition) is 5. The monoisotopic (exact) mass is 420 g/mol. The molecule has 1 aromatic heterocycles. The standard InChI is InChI=1S/C23H24N4O4/c1-3-21(28)24-17-10-9-16(2)20(15-17)25-23(30)19-11-12-22(29)27(26-19)13-14-31-18-7-5-4-6-8-18/h4-12,15H,3,13-14H2,1-2H3,(H,24,28)(H,25,30). The zero-order valence-electron chi connectivity index (χ0n) is 17.4. The number of anilines is 2. The van der Waals surface area contributed by atoms with Gasteiger partial charge in [0.05, 0.1) is 6.54 Å². The van der Waals surface area contributed by atoms with Gasteiger partial charge in [0.1, 0.15) is 18.1 Å². The largest absolute Gasteiger partial charge is 0.492 e. The number of nitrogens with zero attached hydrogens (tertiary/aromatic N) is 2. The van der Waals surface area contributed by atoms with Crippen molar-refractivity contribution in [3.63, 3.8) is 0 Å². The molecule has 0 spiro atoms. The molecule has 0 atom stereocenters. The summed E-state index contributed by atoms with van der Waals surface area (Å²) in [5.74, 6) is 0.113. The van der Waals surface area contributed by atoms with E-state index in [0.717, 1.165) is 5.56 Å². The molecule has 0 radical (unpaired) electrons. The molecule has 2 aromatic carbocycles. The Kier molecular flexibility index (Phi) is 7.16. The summed E-state index contributed by atoms with van der Waals surface area (Å²) in [5, 5.41) is 9.70. The number of aryl methyl sites for hydroxylation is 1. The van der Waals surface area contributed by atoms with Crippen molar-refractivity contribution in [3.05, 3.63) is 82.3 Å². The lowest BCUT2D eigenvalue weighted by Gasteiger charge is -2.12. The number of ether oxygens (including phenoxy) is 1. The average molecular weight is 420 g/mol. The van der Waals surface area contributed by atoms with Crippen LogP contribution in [-0.4, -0.2) is 28.2 Å². The summed E-state index contributed by atoms with van der Waals surface area (Å²) < 4.78 is 6.79. The minimum absolute atomic E-state index is 0.0988. The van der Waals surface area contributed by atoms with Crippen molar-refractivity contribution in [1.29, 1.82) is 0 Å². The van der Waals surface area contributed by atoms with Crippen molar-refractivity contribution in [2.24, 2.45) is 0 Å². The maximum atomic E-state index is 12.7. The van der Waals surface area contributed by atoms with E-state index >= 15 is 0 Å². The first-order valence-electron chi connectivity index (χ1n) is 9.94. The van der Waals surface area contributed by atoms with Crippen LogP contribution in [0.1, 0.15) is 29.4 Å². The molecule has 8 heteroatoms. The van der Waals surface area contributed by atoms with E-state index in [4.69, 9.17) is 4.74 Å². The molecular weight excluding hydrogens is 396 g/mol. The zero-order valence-corrected chi connectivity index (χ0v) is 17.4. The number of benzene rings is 2. The molecule has 2 N–H and O–H groups in total. The Labute approximate surface area is 179 Å². The van der Waals surface area contributed by atoms with E-state index in [2.05, 4.69) is 15.7 Å². The summed E-state index contributed by atoms with van der Waals surface area (Å²) in [5.41, 5.74) is 1.73. The lowest BCUT2D eigenvalue weighted by Crippen LogP contribution is -2.28. The fourth-order valence-corrected chi connectivity index (χ4v) is 2.77. The van der Waals surface area contributed by atoms with E-state index in [0.29, 0.717) is 23.5 Å². The molecule has 0 unspecified atom stereocenters. The van der Waals surface area contributed by atoms with Gasteiger partial charge in [0.2, 0.25) is 5.91 Å². The maximum absolute atomic E-state index is 12.7. The molecule has 3 aromatic rings. The molecule has 0 fully saturated rings. The Morgan fingerprint density at radius 3 is 2.55 bits per heavy atom. The van der Waals surface area contributed by atoms with E-state index < -0.39 is 5.91 Å². The predicted molar refractivity (Wildman–Crippen MR) is 118 cm³/mol. The van der Waals surface area contributed by atoms with Crippen LogP contribution in [0.5, 0.6) is 5.75 Å². The van der Waals surface area contributed by atoms with Crippen molar-refractivity contribution in [2.45, 2.75) is 26.8 Å². The second-order valence-corrected chi connectivity index (χ2v) is 6.83. The number of para-hydroxylation sites is 1. The molecule has 2 amide bonds. The number of nitrogens with one attached hydrogen (secondary N) is 2. The average Bonchev–Trinajstić information content (AvgIpc) is 2.78. The van der Waals surface area contributed by atoms with E-state index in [-0.39, 0.29) is 30.3 Å². The molecule has 8 nitrogen and oxygen atoms in total. The fraction of sp³-hybridized carbons (Fsp3) is 0.217. The van der Waals surface area contributed by atoms with Crippen LogP contribution in [0.25, 0.3) is 0 Å². The van der Waals surface area contributed by atoms with Gasteiger partial charge in [-0.1, -0.05) is 31.2 Å². The number of hydrogen-bond donors (Lipinski definition) is 2. The number of carbonyl (C=O) groups excluding carboxylic acids is 2. The molecule has 0 saturated carbocycles.